The van der Waals surface area contributed by atoms with Gasteiger partial charge in [-0.15, -0.1) is 0 Å². The summed E-state index contributed by atoms with van der Waals surface area (Å²) in [6.07, 6.45) is -1.29. The first-order valence-electron chi connectivity index (χ1n) is 4.33. The molecule has 14 heavy (non-hydrogen) atoms. The van der Waals surface area contributed by atoms with Gasteiger partial charge in [-0.1, -0.05) is 0 Å². The van der Waals surface area contributed by atoms with E-state index in [4.69, 9.17) is 9.52 Å². The monoisotopic (exact) mass is 205 g/mol. The molecule has 1 heterocycles. The van der Waals surface area contributed by atoms with Gasteiger partial charge in [0.25, 0.3) is 6.43 Å². The van der Waals surface area contributed by atoms with E-state index in [1.165, 1.54) is 12.5 Å². The van der Waals surface area contributed by atoms with Crippen molar-refractivity contribution in [3.05, 3.63) is 24.2 Å². The highest BCUT2D eigenvalue weighted by Gasteiger charge is 2.17. The van der Waals surface area contributed by atoms with Crippen LogP contribution < -0.4 is 5.32 Å². The van der Waals surface area contributed by atoms with Gasteiger partial charge in [-0.3, -0.25) is 0 Å². The van der Waals surface area contributed by atoms with Crippen molar-refractivity contribution in [2.24, 2.45) is 0 Å². The Kier molecular flexibility index (Phi) is 4.03. The molecule has 1 aromatic heterocycles. The van der Waals surface area contributed by atoms with Crippen LogP contribution in [0, 0.1) is 0 Å². The molecule has 0 amide bonds. The molecule has 2 atom stereocenters. The van der Waals surface area contributed by atoms with Gasteiger partial charge in [0.15, 0.2) is 0 Å². The Labute approximate surface area is 80.7 Å². The number of hydrogen-bond acceptors (Lipinski definition) is 3. The summed E-state index contributed by atoms with van der Waals surface area (Å²) < 4.78 is 28.7. The van der Waals surface area contributed by atoms with Crippen LogP contribution in [0.25, 0.3) is 0 Å². The topological polar surface area (TPSA) is 45.4 Å². The third kappa shape index (κ3) is 3.08. The van der Waals surface area contributed by atoms with Crippen molar-refractivity contribution in [2.45, 2.75) is 25.5 Å². The highest BCUT2D eigenvalue weighted by atomic mass is 19.3. The summed E-state index contributed by atoms with van der Waals surface area (Å²) in [5, 5.41) is 11.6. The van der Waals surface area contributed by atoms with E-state index in [9.17, 15) is 8.78 Å². The lowest BCUT2D eigenvalue weighted by atomic mass is 10.2. The first-order valence-corrected chi connectivity index (χ1v) is 4.33. The van der Waals surface area contributed by atoms with E-state index in [0.29, 0.717) is 0 Å². The van der Waals surface area contributed by atoms with Crippen molar-refractivity contribution in [1.29, 1.82) is 0 Å². The van der Waals surface area contributed by atoms with E-state index in [2.05, 4.69) is 5.32 Å². The number of rotatable bonds is 5. The molecule has 0 spiro atoms. The van der Waals surface area contributed by atoms with Crippen molar-refractivity contribution in [3.8, 4) is 0 Å². The van der Waals surface area contributed by atoms with Crippen molar-refractivity contribution >= 4 is 0 Å². The van der Waals surface area contributed by atoms with Gasteiger partial charge >= 0.3 is 0 Å². The predicted molar refractivity (Wildman–Crippen MR) is 47.1 cm³/mol. The highest BCUT2D eigenvalue weighted by Crippen LogP contribution is 2.12. The molecule has 0 aliphatic rings. The molecule has 0 aliphatic carbocycles. The molecule has 0 radical (unpaired) electrons. The fraction of sp³-hybridized carbons (Fsp3) is 0.556. The SMILES string of the molecule is CC(NCC(O)C(F)F)c1ccoc1. The number of nitrogens with one attached hydrogen (secondary N) is 1. The Bertz CT molecular complexity index is 251. The van der Waals surface area contributed by atoms with E-state index >= 15 is 0 Å². The number of aliphatic hydroxyl groups is 1. The fourth-order valence-corrected chi connectivity index (χ4v) is 1.03. The Morgan fingerprint density at radius 3 is 2.79 bits per heavy atom. The van der Waals surface area contributed by atoms with Gasteiger partial charge in [-0.25, -0.2) is 8.78 Å². The summed E-state index contributed by atoms with van der Waals surface area (Å²) in [7, 11) is 0. The second-order valence-electron chi connectivity index (χ2n) is 3.09. The van der Waals surface area contributed by atoms with Gasteiger partial charge in [0.2, 0.25) is 0 Å². The zero-order valence-corrected chi connectivity index (χ0v) is 7.78. The second kappa shape index (κ2) is 5.07. The zero-order valence-electron chi connectivity index (χ0n) is 7.78. The lowest BCUT2D eigenvalue weighted by molar-refractivity contribution is -0.00439. The smallest absolute Gasteiger partial charge is 0.265 e. The van der Waals surface area contributed by atoms with Gasteiger partial charge < -0.3 is 14.8 Å². The van der Waals surface area contributed by atoms with Crippen LogP contribution in [0.5, 0.6) is 0 Å². The molecule has 80 valence electrons. The normalized spacial score (nSPS) is 15.8. The number of furan rings is 1. The van der Waals surface area contributed by atoms with Gasteiger partial charge in [-0.2, -0.15) is 0 Å². The van der Waals surface area contributed by atoms with Gasteiger partial charge in [0, 0.05) is 18.2 Å². The average Bonchev–Trinajstić information content (AvgIpc) is 2.66. The van der Waals surface area contributed by atoms with Crippen molar-refractivity contribution in [1.82, 2.24) is 5.32 Å². The maximum atomic E-state index is 11.9. The molecule has 0 saturated carbocycles. The zero-order chi connectivity index (χ0) is 10.6. The minimum absolute atomic E-state index is 0.109. The molecule has 0 aliphatic heterocycles. The quantitative estimate of drug-likeness (QED) is 0.766. The summed E-state index contributed by atoms with van der Waals surface area (Å²) in [5.41, 5.74) is 0.867. The fourth-order valence-electron chi connectivity index (χ4n) is 1.03. The van der Waals surface area contributed by atoms with Gasteiger partial charge in [-0.05, 0) is 13.0 Å². The Hall–Kier alpha value is -0.940. The van der Waals surface area contributed by atoms with Crippen molar-refractivity contribution in [3.63, 3.8) is 0 Å². The molecular weight excluding hydrogens is 192 g/mol. The first-order chi connectivity index (χ1) is 6.61. The summed E-state index contributed by atoms with van der Waals surface area (Å²) in [6.45, 7) is 1.67. The maximum Gasteiger partial charge on any atom is 0.265 e. The number of hydrogen-bond donors (Lipinski definition) is 2. The predicted octanol–water partition coefficient (Wildman–Crippen LogP) is 1.56. The highest BCUT2D eigenvalue weighted by molar-refractivity contribution is 5.10. The van der Waals surface area contributed by atoms with Crippen LogP contribution in [0.4, 0.5) is 8.78 Å². The summed E-state index contributed by atoms with van der Waals surface area (Å²) in [6, 6.07) is 1.63. The molecular formula is C9H13F2NO2. The van der Waals surface area contributed by atoms with Gasteiger partial charge in [0.1, 0.15) is 6.10 Å². The lowest BCUT2D eigenvalue weighted by Crippen LogP contribution is -2.33. The van der Waals surface area contributed by atoms with Crippen LogP contribution in [0.2, 0.25) is 0 Å². The maximum absolute atomic E-state index is 11.9. The first kappa shape index (κ1) is 11.1. The Morgan fingerprint density at radius 1 is 1.57 bits per heavy atom. The van der Waals surface area contributed by atoms with E-state index in [-0.39, 0.29) is 12.6 Å². The number of alkyl halides is 2. The van der Waals surface area contributed by atoms with Crippen LogP contribution in [0.1, 0.15) is 18.5 Å². The lowest BCUT2D eigenvalue weighted by Gasteiger charge is -2.15. The standard InChI is InChI=1S/C9H13F2NO2/c1-6(7-2-3-14-5-7)12-4-8(13)9(10)11/h2-3,5-6,8-9,12-13H,4H2,1H3. The second-order valence-corrected chi connectivity index (χ2v) is 3.09. The minimum Gasteiger partial charge on any atom is -0.472 e. The van der Waals surface area contributed by atoms with E-state index < -0.39 is 12.5 Å². The van der Waals surface area contributed by atoms with E-state index in [1.807, 2.05) is 6.92 Å². The van der Waals surface area contributed by atoms with Crippen LogP contribution in [0.15, 0.2) is 23.0 Å². The molecule has 0 saturated heterocycles. The minimum atomic E-state index is -2.71. The molecule has 5 heteroatoms. The molecule has 1 rings (SSSR count). The van der Waals surface area contributed by atoms with Crippen LogP contribution in [0.3, 0.4) is 0 Å². The molecule has 0 bridgehead atoms. The average molecular weight is 205 g/mol. The van der Waals surface area contributed by atoms with Crippen LogP contribution in [-0.4, -0.2) is 24.2 Å². The van der Waals surface area contributed by atoms with Crippen LogP contribution in [-0.2, 0) is 0 Å². The number of halogens is 2. The Balaban J connectivity index is 2.32. The molecule has 3 nitrogen and oxygen atoms in total. The molecule has 2 N–H and O–H groups in total. The van der Waals surface area contributed by atoms with E-state index in [0.717, 1.165) is 5.56 Å². The summed E-state index contributed by atoms with van der Waals surface area (Å²) in [5.74, 6) is 0. The summed E-state index contributed by atoms with van der Waals surface area (Å²) in [4.78, 5) is 0. The third-order valence-electron chi connectivity index (χ3n) is 1.97. The Morgan fingerprint density at radius 2 is 2.29 bits per heavy atom. The largest absolute Gasteiger partial charge is 0.472 e. The molecule has 0 fully saturated rings. The molecule has 2 unspecified atom stereocenters. The van der Waals surface area contributed by atoms with Crippen molar-refractivity contribution in [2.75, 3.05) is 6.54 Å². The molecule has 1 aromatic rings. The van der Waals surface area contributed by atoms with Crippen LogP contribution >= 0.6 is 0 Å². The number of aliphatic hydroxyl groups excluding tert-OH is 1. The van der Waals surface area contributed by atoms with Crippen molar-refractivity contribution < 1.29 is 18.3 Å². The molecule has 0 aromatic carbocycles. The van der Waals surface area contributed by atoms with E-state index in [1.54, 1.807) is 6.07 Å². The van der Waals surface area contributed by atoms with Gasteiger partial charge in [0.05, 0.1) is 12.5 Å². The third-order valence-corrected chi connectivity index (χ3v) is 1.97. The summed E-state index contributed by atoms with van der Waals surface area (Å²) >= 11 is 0.